The molecule has 0 N–H and O–H groups in total. The maximum atomic E-state index is 5.92. The van der Waals surface area contributed by atoms with Gasteiger partial charge in [0.1, 0.15) is 12.2 Å². The van der Waals surface area contributed by atoms with Gasteiger partial charge in [-0.05, 0) is 31.9 Å². The van der Waals surface area contributed by atoms with E-state index in [1.54, 1.807) is 6.33 Å². The topological polar surface area (TPSA) is 39.9 Å². The summed E-state index contributed by atoms with van der Waals surface area (Å²) in [6, 6.07) is 10.2. The molecule has 3 rings (SSSR count). The third-order valence-electron chi connectivity index (χ3n) is 4.15. The van der Waals surface area contributed by atoms with Crippen LogP contribution in [0.5, 0.6) is 0 Å². The lowest BCUT2D eigenvalue weighted by Crippen LogP contribution is -2.19. The summed E-state index contributed by atoms with van der Waals surface area (Å²) in [5, 5.41) is 8.44. The van der Waals surface area contributed by atoms with E-state index < -0.39 is 0 Å². The first-order valence-corrected chi connectivity index (χ1v) is 6.79. The quantitative estimate of drug-likeness (QED) is 0.830. The molecule has 4 unspecified atom stereocenters. The van der Waals surface area contributed by atoms with E-state index in [0.717, 1.165) is 11.5 Å². The van der Waals surface area contributed by atoms with Crippen molar-refractivity contribution in [3.8, 4) is 5.69 Å². The van der Waals surface area contributed by atoms with Gasteiger partial charge in [0, 0.05) is 5.69 Å². The number of para-hydroxylation sites is 1. The summed E-state index contributed by atoms with van der Waals surface area (Å²) in [6.07, 6.45) is 2.23. The molecule has 1 aliphatic heterocycles. The average Bonchev–Trinajstić information content (AvgIpc) is 2.97. The Balaban J connectivity index is 2.01. The molecular formula is C15H19N3O. The third kappa shape index (κ3) is 2.06. The molecule has 4 nitrogen and oxygen atoms in total. The molecule has 0 aliphatic carbocycles. The molecule has 1 fully saturated rings. The lowest BCUT2D eigenvalue weighted by molar-refractivity contribution is 0.0552. The monoisotopic (exact) mass is 257 g/mol. The fraction of sp³-hybridized carbons (Fsp3) is 0.467. The Bertz CT molecular complexity index is 552. The van der Waals surface area contributed by atoms with Crippen molar-refractivity contribution in [2.75, 3.05) is 0 Å². The van der Waals surface area contributed by atoms with E-state index in [0.29, 0.717) is 5.92 Å². The van der Waals surface area contributed by atoms with Gasteiger partial charge >= 0.3 is 0 Å². The van der Waals surface area contributed by atoms with Gasteiger partial charge in [-0.25, -0.2) is 0 Å². The lowest BCUT2D eigenvalue weighted by atomic mass is 9.89. The van der Waals surface area contributed by atoms with Crippen molar-refractivity contribution in [2.24, 2.45) is 5.92 Å². The highest BCUT2D eigenvalue weighted by Gasteiger charge is 2.40. The number of hydrogen-bond acceptors (Lipinski definition) is 3. The Morgan fingerprint density at radius 3 is 2.42 bits per heavy atom. The molecule has 100 valence electrons. The summed E-state index contributed by atoms with van der Waals surface area (Å²) < 4.78 is 7.99. The summed E-state index contributed by atoms with van der Waals surface area (Å²) >= 11 is 0. The van der Waals surface area contributed by atoms with E-state index in [4.69, 9.17) is 4.74 Å². The molecule has 1 aromatic heterocycles. The van der Waals surface area contributed by atoms with Crippen LogP contribution in [0.3, 0.4) is 0 Å². The summed E-state index contributed by atoms with van der Waals surface area (Å²) in [7, 11) is 0. The Morgan fingerprint density at radius 2 is 1.79 bits per heavy atom. The van der Waals surface area contributed by atoms with E-state index in [-0.39, 0.29) is 18.1 Å². The molecule has 0 spiro atoms. The maximum Gasteiger partial charge on any atom is 0.143 e. The minimum absolute atomic E-state index is 0.177. The Morgan fingerprint density at radius 1 is 1.05 bits per heavy atom. The van der Waals surface area contributed by atoms with Gasteiger partial charge in [-0.15, -0.1) is 10.2 Å². The fourth-order valence-electron chi connectivity index (χ4n) is 2.97. The molecule has 0 saturated carbocycles. The predicted molar refractivity (Wildman–Crippen MR) is 73.3 cm³/mol. The molecule has 1 saturated heterocycles. The summed E-state index contributed by atoms with van der Waals surface area (Å²) in [4.78, 5) is 0. The third-order valence-corrected chi connectivity index (χ3v) is 4.15. The molecule has 19 heavy (non-hydrogen) atoms. The van der Waals surface area contributed by atoms with Crippen molar-refractivity contribution in [3.63, 3.8) is 0 Å². The van der Waals surface area contributed by atoms with Crippen molar-refractivity contribution in [1.29, 1.82) is 0 Å². The molecule has 2 heterocycles. The second-order valence-electron chi connectivity index (χ2n) is 5.33. The maximum absolute atomic E-state index is 5.92. The molecule has 0 radical (unpaired) electrons. The highest BCUT2D eigenvalue weighted by atomic mass is 16.5. The molecule has 0 amide bonds. The van der Waals surface area contributed by atoms with Crippen LogP contribution in [0.15, 0.2) is 36.7 Å². The van der Waals surface area contributed by atoms with Crippen LogP contribution >= 0.6 is 0 Å². The molecule has 2 aromatic rings. The van der Waals surface area contributed by atoms with Crippen molar-refractivity contribution >= 4 is 0 Å². The molecule has 0 bridgehead atoms. The minimum atomic E-state index is 0.177. The van der Waals surface area contributed by atoms with Gasteiger partial charge in [-0.3, -0.25) is 4.57 Å². The van der Waals surface area contributed by atoms with Gasteiger partial charge in [0.05, 0.1) is 18.1 Å². The van der Waals surface area contributed by atoms with Crippen LogP contribution < -0.4 is 0 Å². The summed E-state index contributed by atoms with van der Waals surface area (Å²) in [5.41, 5.74) is 1.10. The first-order valence-electron chi connectivity index (χ1n) is 6.79. The lowest BCUT2D eigenvalue weighted by Gasteiger charge is -2.18. The zero-order valence-electron chi connectivity index (χ0n) is 11.5. The van der Waals surface area contributed by atoms with Gasteiger partial charge in [-0.2, -0.15) is 0 Å². The number of rotatable bonds is 2. The van der Waals surface area contributed by atoms with E-state index in [2.05, 4.69) is 47.7 Å². The largest absolute Gasteiger partial charge is 0.374 e. The summed E-state index contributed by atoms with van der Waals surface area (Å²) in [6.45, 7) is 6.47. The number of hydrogen-bond donors (Lipinski definition) is 0. The van der Waals surface area contributed by atoms with Gasteiger partial charge in [0.15, 0.2) is 0 Å². The van der Waals surface area contributed by atoms with Crippen molar-refractivity contribution in [1.82, 2.24) is 14.8 Å². The zero-order valence-corrected chi connectivity index (χ0v) is 11.5. The van der Waals surface area contributed by atoms with Crippen LogP contribution in [0.2, 0.25) is 0 Å². The Kier molecular flexibility index (Phi) is 3.11. The first-order chi connectivity index (χ1) is 9.18. The second-order valence-corrected chi connectivity index (χ2v) is 5.33. The van der Waals surface area contributed by atoms with E-state index in [1.807, 2.05) is 18.2 Å². The highest BCUT2D eigenvalue weighted by molar-refractivity contribution is 5.33. The molecule has 1 aromatic carbocycles. The van der Waals surface area contributed by atoms with Gasteiger partial charge in [0.2, 0.25) is 0 Å². The van der Waals surface area contributed by atoms with E-state index in [9.17, 15) is 0 Å². The summed E-state index contributed by atoms with van der Waals surface area (Å²) in [5.74, 6) is 1.73. The smallest absolute Gasteiger partial charge is 0.143 e. The number of benzene rings is 1. The normalized spacial score (nSPS) is 30.7. The van der Waals surface area contributed by atoms with E-state index >= 15 is 0 Å². The number of nitrogens with zero attached hydrogens (tertiary/aromatic N) is 3. The van der Waals surface area contributed by atoms with E-state index in [1.165, 1.54) is 0 Å². The first kappa shape index (κ1) is 12.4. The van der Waals surface area contributed by atoms with Crippen LogP contribution in [-0.4, -0.2) is 27.0 Å². The standard InChI is InChI=1S/C15H19N3O/c1-10-11(2)19-12(3)14(10)15-17-16-9-18(15)13-7-5-4-6-8-13/h4-12,14H,1-3H3. The van der Waals surface area contributed by atoms with Crippen molar-refractivity contribution < 1.29 is 4.74 Å². The Hall–Kier alpha value is -1.68. The minimum Gasteiger partial charge on any atom is -0.374 e. The zero-order chi connectivity index (χ0) is 13.4. The van der Waals surface area contributed by atoms with Crippen LogP contribution in [0, 0.1) is 5.92 Å². The predicted octanol–water partition coefficient (Wildman–Crippen LogP) is 2.79. The second kappa shape index (κ2) is 4.78. The molecule has 4 heteroatoms. The van der Waals surface area contributed by atoms with Crippen LogP contribution in [-0.2, 0) is 4.74 Å². The SMILES string of the molecule is CC1OC(C)C(c2nncn2-c2ccccc2)C1C. The fourth-order valence-corrected chi connectivity index (χ4v) is 2.97. The van der Waals surface area contributed by atoms with Crippen molar-refractivity contribution in [2.45, 2.75) is 38.9 Å². The number of aromatic nitrogens is 3. The van der Waals surface area contributed by atoms with Crippen LogP contribution in [0.1, 0.15) is 32.5 Å². The van der Waals surface area contributed by atoms with Gasteiger partial charge in [0.25, 0.3) is 0 Å². The van der Waals surface area contributed by atoms with Gasteiger partial charge in [-0.1, -0.05) is 25.1 Å². The molecule has 4 atom stereocenters. The van der Waals surface area contributed by atoms with Crippen molar-refractivity contribution in [3.05, 3.63) is 42.5 Å². The highest BCUT2D eigenvalue weighted by Crippen LogP contribution is 2.39. The average molecular weight is 257 g/mol. The number of ether oxygens (including phenoxy) is 1. The van der Waals surface area contributed by atoms with Crippen LogP contribution in [0.25, 0.3) is 5.69 Å². The Labute approximate surface area is 113 Å². The van der Waals surface area contributed by atoms with Crippen LogP contribution in [0.4, 0.5) is 0 Å². The molecule has 1 aliphatic rings. The van der Waals surface area contributed by atoms with Gasteiger partial charge < -0.3 is 4.74 Å². The molecular weight excluding hydrogens is 238 g/mol.